The molecule has 0 saturated heterocycles. The number of nitrogens with zero attached hydrogens (tertiary/aromatic N) is 3. The third kappa shape index (κ3) is 2.84. The number of anilines is 1. The molecule has 1 aliphatic heterocycles. The Labute approximate surface area is 142 Å². The molecule has 0 spiro atoms. The molecule has 1 aromatic heterocycles. The minimum absolute atomic E-state index is 0.0948. The number of carbonyl (C=O) groups excluding carboxylic acids is 1. The third-order valence-electron chi connectivity index (χ3n) is 4.46. The van der Waals surface area contributed by atoms with E-state index in [0.717, 1.165) is 16.8 Å². The summed E-state index contributed by atoms with van der Waals surface area (Å²) < 4.78 is 25.4. The van der Waals surface area contributed by atoms with E-state index in [0.29, 0.717) is 23.4 Å². The van der Waals surface area contributed by atoms with Gasteiger partial charge in [0, 0.05) is 31.8 Å². The lowest BCUT2D eigenvalue weighted by molar-refractivity contribution is 0.0983. The van der Waals surface area contributed by atoms with Crippen LogP contribution in [0.1, 0.15) is 32.9 Å². The van der Waals surface area contributed by atoms with E-state index < -0.39 is 9.84 Å². The smallest absolute Gasteiger partial charge is 0.276 e. The third-order valence-corrected chi connectivity index (χ3v) is 6.02. The summed E-state index contributed by atoms with van der Waals surface area (Å²) in [5.74, 6) is -0.259. The topological polar surface area (TPSA) is 72.3 Å². The highest BCUT2D eigenvalue weighted by Crippen LogP contribution is 2.27. The molecule has 2 aromatic rings. The number of aryl methyl sites for hydroxylation is 4. The highest BCUT2D eigenvalue weighted by Gasteiger charge is 2.32. The van der Waals surface area contributed by atoms with Gasteiger partial charge in [-0.3, -0.25) is 9.48 Å². The standard InChI is InChI=1S/C17H21N3O3S/c1-11-5-6-15(12(2)9-11)19(3)17(21)16-13-10-24(22,23)8-7-14(13)18-20(16)4/h5-6,9H,7-8,10H2,1-4H3. The number of amides is 1. The summed E-state index contributed by atoms with van der Waals surface area (Å²) in [6, 6.07) is 5.87. The summed E-state index contributed by atoms with van der Waals surface area (Å²) in [5, 5.41) is 4.36. The zero-order valence-electron chi connectivity index (χ0n) is 14.3. The van der Waals surface area contributed by atoms with E-state index in [9.17, 15) is 13.2 Å². The first-order valence-corrected chi connectivity index (χ1v) is 9.62. The normalized spacial score (nSPS) is 15.8. The van der Waals surface area contributed by atoms with Crippen molar-refractivity contribution in [1.29, 1.82) is 0 Å². The van der Waals surface area contributed by atoms with Gasteiger partial charge in [0.2, 0.25) is 0 Å². The van der Waals surface area contributed by atoms with Gasteiger partial charge in [-0.2, -0.15) is 5.10 Å². The summed E-state index contributed by atoms with van der Waals surface area (Å²) >= 11 is 0. The number of fused-ring (bicyclic) bond motifs is 1. The molecule has 24 heavy (non-hydrogen) atoms. The number of hydrogen-bond donors (Lipinski definition) is 0. The number of sulfone groups is 1. The fourth-order valence-electron chi connectivity index (χ4n) is 3.24. The molecule has 0 aliphatic carbocycles. The summed E-state index contributed by atoms with van der Waals surface area (Å²) in [4.78, 5) is 14.6. The molecule has 3 rings (SSSR count). The highest BCUT2D eigenvalue weighted by molar-refractivity contribution is 7.90. The van der Waals surface area contributed by atoms with Crippen LogP contribution in [0.15, 0.2) is 18.2 Å². The first-order chi connectivity index (χ1) is 11.2. The molecule has 128 valence electrons. The Hall–Kier alpha value is -2.15. The van der Waals surface area contributed by atoms with Crippen molar-refractivity contribution in [3.8, 4) is 0 Å². The monoisotopic (exact) mass is 347 g/mol. The quantitative estimate of drug-likeness (QED) is 0.830. The molecule has 0 atom stereocenters. The van der Waals surface area contributed by atoms with Crippen molar-refractivity contribution >= 4 is 21.4 Å². The first-order valence-electron chi connectivity index (χ1n) is 7.80. The molecule has 0 bridgehead atoms. The van der Waals surface area contributed by atoms with Crippen LogP contribution in [0.4, 0.5) is 5.69 Å². The van der Waals surface area contributed by atoms with Gasteiger partial charge in [-0.1, -0.05) is 17.7 Å². The lowest BCUT2D eigenvalue weighted by atomic mass is 10.1. The number of carbonyl (C=O) groups is 1. The number of hydrogen-bond acceptors (Lipinski definition) is 4. The van der Waals surface area contributed by atoms with Gasteiger partial charge in [0.15, 0.2) is 9.84 Å². The van der Waals surface area contributed by atoms with E-state index >= 15 is 0 Å². The average Bonchev–Trinajstić information content (AvgIpc) is 2.80. The molecule has 1 aliphatic rings. The maximum atomic E-state index is 13.0. The van der Waals surface area contributed by atoms with E-state index in [-0.39, 0.29) is 17.4 Å². The van der Waals surface area contributed by atoms with Crippen molar-refractivity contribution < 1.29 is 13.2 Å². The second kappa shape index (κ2) is 5.73. The molecule has 0 radical (unpaired) electrons. The molecular formula is C17H21N3O3S. The van der Waals surface area contributed by atoms with Crippen molar-refractivity contribution in [3.63, 3.8) is 0 Å². The molecule has 1 amide bonds. The minimum Gasteiger partial charge on any atom is -0.310 e. The van der Waals surface area contributed by atoms with Gasteiger partial charge in [0.05, 0.1) is 17.2 Å². The second-order valence-electron chi connectivity index (χ2n) is 6.39. The Morgan fingerprint density at radius 1 is 1.29 bits per heavy atom. The van der Waals surface area contributed by atoms with Gasteiger partial charge < -0.3 is 4.90 Å². The summed E-state index contributed by atoms with van der Waals surface area (Å²) in [5.41, 5.74) is 4.54. The van der Waals surface area contributed by atoms with E-state index in [1.54, 1.807) is 19.0 Å². The molecule has 7 heteroatoms. The van der Waals surface area contributed by atoms with Crippen molar-refractivity contribution in [2.75, 3.05) is 17.7 Å². The fourth-order valence-corrected chi connectivity index (χ4v) is 4.63. The Balaban J connectivity index is 2.03. The van der Waals surface area contributed by atoms with Crippen molar-refractivity contribution in [1.82, 2.24) is 9.78 Å². The molecule has 0 fully saturated rings. The Morgan fingerprint density at radius 3 is 2.67 bits per heavy atom. The zero-order valence-corrected chi connectivity index (χ0v) is 15.1. The van der Waals surface area contributed by atoms with Crippen LogP contribution in [0.5, 0.6) is 0 Å². The van der Waals surface area contributed by atoms with E-state index in [4.69, 9.17) is 0 Å². The van der Waals surface area contributed by atoms with Gasteiger partial charge in [-0.15, -0.1) is 0 Å². The summed E-state index contributed by atoms with van der Waals surface area (Å²) in [6.45, 7) is 3.95. The molecule has 2 heterocycles. The lowest BCUT2D eigenvalue weighted by Crippen LogP contribution is -2.30. The van der Waals surface area contributed by atoms with Gasteiger partial charge in [-0.05, 0) is 25.5 Å². The van der Waals surface area contributed by atoms with Crippen LogP contribution in [0.3, 0.4) is 0 Å². The van der Waals surface area contributed by atoms with Crippen LogP contribution in [0.25, 0.3) is 0 Å². The maximum Gasteiger partial charge on any atom is 0.276 e. The Morgan fingerprint density at radius 2 is 2.00 bits per heavy atom. The van der Waals surface area contributed by atoms with Crippen molar-refractivity contribution in [2.45, 2.75) is 26.0 Å². The number of aromatic nitrogens is 2. The van der Waals surface area contributed by atoms with Gasteiger partial charge in [0.25, 0.3) is 5.91 Å². The van der Waals surface area contributed by atoms with Crippen molar-refractivity contribution in [2.24, 2.45) is 7.05 Å². The van der Waals surface area contributed by atoms with Gasteiger partial charge in [0.1, 0.15) is 5.69 Å². The van der Waals surface area contributed by atoms with Crippen LogP contribution in [0.2, 0.25) is 0 Å². The zero-order chi connectivity index (χ0) is 17.6. The molecular weight excluding hydrogens is 326 g/mol. The lowest BCUT2D eigenvalue weighted by Gasteiger charge is -2.21. The van der Waals surface area contributed by atoms with Crippen LogP contribution in [0, 0.1) is 13.8 Å². The number of rotatable bonds is 2. The molecule has 0 saturated carbocycles. The average molecular weight is 347 g/mol. The SMILES string of the molecule is Cc1ccc(N(C)C(=O)c2c3c(nn2C)CCS(=O)(=O)C3)c(C)c1. The predicted octanol–water partition coefficient (Wildman–Crippen LogP) is 1.78. The van der Waals surface area contributed by atoms with Crippen LogP contribution in [-0.2, 0) is 29.1 Å². The molecule has 0 unspecified atom stereocenters. The largest absolute Gasteiger partial charge is 0.310 e. The van der Waals surface area contributed by atoms with Gasteiger partial charge in [-0.25, -0.2) is 8.42 Å². The van der Waals surface area contributed by atoms with Gasteiger partial charge >= 0.3 is 0 Å². The summed E-state index contributed by atoms with van der Waals surface area (Å²) in [6.07, 6.45) is 0.367. The maximum absolute atomic E-state index is 13.0. The highest BCUT2D eigenvalue weighted by atomic mass is 32.2. The molecule has 0 N–H and O–H groups in total. The summed E-state index contributed by atoms with van der Waals surface area (Å²) in [7, 11) is 0.227. The van der Waals surface area contributed by atoms with Crippen LogP contribution >= 0.6 is 0 Å². The molecule has 6 nitrogen and oxygen atoms in total. The second-order valence-corrected chi connectivity index (χ2v) is 8.58. The van der Waals surface area contributed by atoms with Crippen LogP contribution in [-0.4, -0.2) is 36.9 Å². The fraction of sp³-hybridized carbons (Fsp3) is 0.412. The molecule has 1 aromatic carbocycles. The number of benzene rings is 1. The Kier molecular flexibility index (Phi) is 3.99. The van der Waals surface area contributed by atoms with Crippen molar-refractivity contribution in [3.05, 3.63) is 46.3 Å². The predicted molar refractivity (Wildman–Crippen MR) is 93.1 cm³/mol. The van der Waals surface area contributed by atoms with E-state index in [1.807, 2.05) is 32.0 Å². The van der Waals surface area contributed by atoms with Crippen LogP contribution < -0.4 is 4.90 Å². The Bertz CT molecular complexity index is 929. The van der Waals surface area contributed by atoms with E-state index in [2.05, 4.69) is 5.10 Å². The minimum atomic E-state index is -3.17. The first kappa shape index (κ1) is 16.7. The van der Waals surface area contributed by atoms with E-state index in [1.165, 1.54) is 4.68 Å².